The molecule has 1 atom stereocenters. The summed E-state index contributed by atoms with van der Waals surface area (Å²) in [5, 5.41) is 3.16. The molecule has 0 spiro atoms. The highest BCUT2D eigenvalue weighted by Crippen LogP contribution is 2.17. The van der Waals surface area contributed by atoms with Gasteiger partial charge in [0.15, 0.2) is 0 Å². The SMILES string of the molecule is CC(N)CCC(=O)N1CCN(CC(=O)NC2CCCCC2)CC1. The molecule has 2 aliphatic rings. The van der Waals surface area contributed by atoms with Gasteiger partial charge in [0.25, 0.3) is 0 Å². The Morgan fingerprint density at radius 1 is 1.13 bits per heavy atom. The van der Waals surface area contributed by atoms with Gasteiger partial charge < -0.3 is 16.0 Å². The summed E-state index contributed by atoms with van der Waals surface area (Å²) >= 11 is 0. The highest BCUT2D eigenvalue weighted by Gasteiger charge is 2.23. The molecule has 2 amide bonds. The van der Waals surface area contributed by atoms with E-state index in [4.69, 9.17) is 5.73 Å². The Balaban J connectivity index is 1.63. The first-order chi connectivity index (χ1) is 11.0. The van der Waals surface area contributed by atoms with Crippen LogP contribution in [0.1, 0.15) is 51.9 Å². The normalized spacial score (nSPS) is 21.9. The highest BCUT2D eigenvalue weighted by molar-refractivity contribution is 5.78. The Bertz CT molecular complexity index is 386. The van der Waals surface area contributed by atoms with Crippen LogP contribution >= 0.6 is 0 Å². The third-order valence-corrected chi connectivity index (χ3v) is 4.88. The second-order valence-electron chi connectivity index (χ2n) is 7.08. The molecule has 3 N–H and O–H groups in total. The summed E-state index contributed by atoms with van der Waals surface area (Å²) in [4.78, 5) is 28.2. The van der Waals surface area contributed by atoms with Crippen molar-refractivity contribution in [3.05, 3.63) is 0 Å². The van der Waals surface area contributed by atoms with Crippen LogP contribution in [0.4, 0.5) is 0 Å². The number of carbonyl (C=O) groups is 2. The van der Waals surface area contributed by atoms with Gasteiger partial charge in [-0.2, -0.15) is 0 Å². The summed E-state index contributed by atoms with van der Waals surface area (Å²) in [5.74, 6) is 0.322. The third kappa shape index (κ3) is 6.47. The maximum atomic E-state index is 12.1. The quantitative estimate of drug-likeness (QED) is 0.754. The van der Waals surface area contributed by atoms with Crippen molar-refractivity contribution < 1.29 is 9.59 Å². The Morgan fingerprint density at radius 2 is 1.78 bits per heavy atom. The van der Waals surface area contributed by atoms with E-state index in [0.717, 1.165) is 32.4 Å². The van der Waals surface area contributed by atoms with Gasteiger partial charge in [-0.1, -0.05) is 19.3 Å². The minimum Gasteiger partial charge on any atom is -0.352 e. The van der Waals surface area contributed by atoms with E-state index in [1.54, 1.807) is 0 Å². The second kappa shape index (κ2) is 9.23. The van der Waals surface area contributed by atoms with E-state index in [1.165, 1.54) is 19.3 Å². The summed E-state index contributed by atoms with van der Waals surface area (Å²) in [7, 11) is 0. The maximum absolute atomic E-state index is 12.1. The summed E-state index contributed by atoms with van der Waals surface area (Å²) in [6.45, 7) is 5.38. The number of nitrogens with one attached hydrogen (secondary N) is 1. The molecule has 1 aliphatic heterocycles. The van der Waals surface area contributed by atoms with Crippen molar-refractivity contribution >= 4 is 11.8 Å². The number of piperazine rings is 1. The highest BCUT2D eigenvalue weighted by atomic mass is 16.2. The van der Waals surface area contributed by atoms with Crippen LogP contribution in [0.15, 0.2) is 0 Å². The first-order valence-electron chi connectivity index (χ1n) is 9.09. The molecule has 132 valence electrons. The van der Waals surface area contributed by atoms with E-state index in [1.807, 2.05) is 11.8 Å². The molecule has 0 aromatic rings. The number of amides is 2. The molecule has 0 radical (unpaired) electrons. The number of rotatable bonds is 6. The van der Waals surface area contributed by atoms with E-state index in [-0.39, 0.29) is 17.9 Å². The first-order valence-corrected chi connectivity index (χ1v) is 9.09. The predicted octanol–water partition coefficient (Wildman–Crippen LogP) is 0.707. The van der Waals surface area contributed by atoms with Crippen LogP contribution in [0, 0.1) is 0 Å². The largest absolute Gasteiger partial charge is 0.352 e. The number of hydrogen-bond acceptors (Lipinski definition) is 4. The molecule has 23 heavy (non-hydrogen) atoms. The maximum Gasteiger partial charge on any atom is 0.234 e. The van der Waals surface area contributed by atoms with Gasteiger partial charge in [-0.15, -0.1) is 0 Å². The topological polar surface area (TPSA) is 78.7 Å². The van der Waals surface area contributed by atoms with Crippen molar-refractivity contribution in [3.8, 4) is 0 Å². The number of nitrogens with zero attached hydrogens (tertiary/aromatic N) is 2. The van der Waals surface area contributed by atoms with Crippen molar-refractivity contribution in [2.45, 2.75) is 64.0 Å². The zero-order chi connectivity index (χ0) is 16.7. The summed E-state index contributed by atoms with van der Waals surface area (Å²) in [5.41, 5.74) is 5.70. The molecule has 2 rings (SSSR count). The summed E-state index contributed by atoms with van der Waals surface area (Å²) < 4.78 is 0. The van der Waals surface area contributed by atoms with E-state index < -0.39 is 0 Å². The van der Waals surface area contributed by atoms with Crippen molar-refractivity contribution in [2.75, 3.05) is 32.7 Å². The van der Waals surface area contributed by atoms with Crippen molar-refractivity contribution in [3.63, 3.8) is 0 Å². The smallest absolute Gasteiger partial charge is 0.234 e. The molecule has 6 nitrogen and oxygen atoms in total. The van der Waals surface area contributed by atoms with E-state index in [9.17, 15) is 9.59 Å². The first kappa shape index (κ1) is 18.2. The van der Waals surface area contributed by atoms with Gasteiger partial charge in [-0.3, -0.25) is 14.5 Å². The van der Waals surface area contributed by atoms with Crippen molar-refractivity contribution in [2.24, 2.45) is 5.73 Å². The number of carbonyl (C=O) groups excluding carboxylic acids is 2. The fraction of sp³-hybridized carbons (Fsp3) is 0.882. The van der Waals surface area contributed by atoms with Gasteiger partial charge in [-0.25, -0.2) is 0 Å². The van der Waals surface area contributed by atoms with Gasteiger partial charge in [0.2, 0.25) is 11.8 Å². The van der Waals surface area contributed by atoms with Crippen LogP contribution in [-0.2, 0) is 9.59 Å². The lowest BCUT2D eigenvalue weighted by Gasteiger charge is -2.35. The molecule has 1 saturated carbocycles. The standard InChI is InChI=1S/C17H32N4O2/c1-14(18)7-8-17(23)21-11-9-20(10-12-21)13-16(22)19-15-5-3-2-4-6-15/h14-15H,2-13,18H2,1H3,(H,19,22). The molecule has 0 aromatic carbocycles. The molecule has 1 unspecified atom stereocenters. The van der Waals surface area contributed by atoms with Crippen molar-refractivity contribution in [1.29, 1.82) is 0 Å². The predicted molar refractivity (Wildman–Crippen MR) is 90.9 cm³/mol. The van der Waals surface area contributed by atoms with Gasteiger partial charge in [0, 0.05) is 44.7 Å². The van der Waals surface area contributed by atoms with Crippen LogP contribution in [0.5, 0.6) is 0 Å². The lowest BCUT2D eigenvalue weighted by atomic mass is 9.95. The average Bonchev–Trinajstić information content (AvgIpc) is 2.54. The third-order valence-electron chi connectivity index (χ3n) is 4.88. The Labute approximate surface area is 139 Å². The lowest BCUT2D eigenvalue weighted by molar-refractivity contribution is -0.133. The van der Waals surface area contributed by atoms with Crippen LogP contribution in [0.2, 0.25) is 0 Å². The number of nitrogens with two attached hydrogens (primary N) is 1. The van der Waals surface area contributed by atoms with Gasteiger partial charge in [0.05, 0.1) is 6.54 Å². The molecule has 2 fully saturated rings. The molecule has 0 bridgehead atoms. The van der Waals surface area contributed by atoms with Gasteiger partial charge in [0.1, 0.15) is 0 Å². The molecule has 6 heteroatoms. The minimum atomic E-state index is 0.0729. The fourth-order valence-corrected chi connectivity index (χ4v) is 3.39. The van der Waals surface area contributed by atoms with Crippen LogP contribution in [0.3, 0.4) is 0 Å². The molecular weight excluding hydrogens is 292 g/mol. The van der Waals surface area contributed by atoms with Crippen LogP contribution in [-0.4, -0.2) is 66.4 Å². The lowest BCUT2D eigenvalue weighted by Crippen LogP contribution is -2.52. The zero-order valence-corrected chi connectivity index (χ0v) is 14.4. The Hall–Kier alpha value is -1.14. The van der Waals surface area contributed by atoms with Gasteiger partial charge in [-0.05, 0) is 26.2 Å². The number of hydrogen-bond donors (Lipinski definition) is 2. The monoisotopic (exact) mass is 324 g/mol. The van der Waals surface area contributed by atoms with Gasteiger partial charge >= 0.3 is 0 Å². The molecule has 1 heterocycles. The summed E-state index contributed by atoms with van der Waals surface area (Å²) in [6, 6.07) is 0.445. The van der Waals surface area contributed by atoms with E-state index >= 15 is 0 Å². The molecule has 1 aliphatic carbocycles. The van der Waals surface area contributed by atoms with Crippen LogP contribution < -0.4 is 11.1 Å². The minimum absolute atomic E-state index is 0.0729. The van der Waals surface area contributed by atoms with E-state index in [2.05, 4.69) is 10.2 Å². The second-order valence-corrected chi connectivity index (χ2v) is 7.08. The van der Waals surface area contributed by atoms with E-state index in [0.29, 0.717) is 32.1 Å². The molecule has 0 aromatic heterocycles. The Kier molecular flexibility index (Phi) is 7.30. The fourth-order valence-electron chi connectivity index (χ4n) is 3.39. The molecular formula is C17H32N4O2. The summed E-state index contributed by atoms with van der Waals surface area (Å²) in [6.07, 6.45) is 7.26. The zero-order valence-electron chi connectivity index (χ0n) is 14.4. The average molecular weight is 324 g/mol. The van der Waals surface area contributed by atoms with Crippen molar-refractivity contribution in [1.82, 2.24) is 15.1 Å². The van der Waals surface area contributed by atoms with Crippen LogP contribution in [0.25, 0.3) is 0 Å². The Morgan fingerprint density at radius 3 is 2.39 bits per heavy atom. The molecule has 1 saturated heterocycles.